The summed E-state index contributed by atoms with van der Waals surface area (Å²) < 4.78 is 9.89. The van der Waals surface area contributed by atoms with Crippen molar-refractivity contribution in [3.05, 3.63) is 457 Å². The van der Waals surface area contributed by atoms with Gasteiger partial charge in [-0.1, -0.05) is 395 Å². The fourth-order valence-corrected chi connectivity index (χ4v) is 23.6. The van der Waals surface area contributed by atoms with Crippen LogP contribution < -0.4 is 0 Å². The zero-order valence-corrected chi connectivity index (χ0v) is 73.0. The Morgan fingerprint density at radius 2 is 0.484 bits per heavy atom. The quantitative estimate of drug-likeness (QED) is 0.167. The number of para-hydroxylation sites is 4. The van der Waals surface area contributed by atoms with Gasteiger partial charge in [0.25, 0.3) is 0 Å². The van der Waals surface area contributed by atoms with Gasteiger partial charge in [0.2, 0.25) is 0 Å². The van der Waals surface area contributed by atoms with Crippen molar-refractivity contribution in [2.24, 2.45) is 0 Å². The van der Waals surface area contributed by atoms with Crippen LogP contribution in [-0.4, -0.2) is 18.3 Å². The third kappa shape index (κ3) is 10.8. The Balaban J connectivity index is 0.0000000926. The van der Waals surface area contributed by atoms with Crippen molar-refractivity contribution in [1.29, 1.82) is 0 Å². The van der Waals surface area contributed by atoms with Gasteiger partial charge in [-0.3, -0.25) is 0 Å². The number of fused-ring (bicyclic) bond motifs is 31. The number of nitrogens with zero attached hydrogens (tertiary/aromatic N) is 4. The van der Waals surface area contributed by atoms with Crippen LogP contribution in [0.15, 0.2) is 413 Å². The molecule has 0 bridgehead atoms. The molecular weight excluding hydrogens is 1550 g/mol. The highest BCUT2D eigenvalue weighted by Crippen LogP contribution is 2.58. The highest BCUT2D eigenvalue weighted by molar-refractivity contribution is 6.21. The molecule has 4 heteroatoms. The van der Waals surface area contributed by atoms with E-state index in [-0.39, 0.29) is 21.7 Å². The molecule has 20 aromatic carbocycles. The van der Waals surface area contributed by atoms with Crippen LogP contribution in [0.4, 0.5) is 0 Å². The molecule has 0 unspecified atom stereocenters. The van der Waals surface area contributed by atoms with Gasteiger partial charge in [-0.15, -0.1) is 0 Å². The van der Waals surface area contributed by atoms with Gasteiger partial charge in [-0.05, 0) is 178 Å². The van der Waals surface area contributed by atoms with E-state index >= 15 is 0 Å². The fourth-order valence-electron chi connectivity index (χ4n) is 23.6. The molecule has 0 fully saturated rings. The first-order chi connectivity index (χ1) is 62.6. The lowest BCUT2D eigenvalue weighted by molar-refractivity contribution is 0.660. The van der Waals surface area contributed by atoms with Crippen LogP contribution in [0.5, 0.6) is 0 Å². The number of aromatic nitrogens is 4. The van der Waals surface area contributed by atoms with Crippen LogP contribution >= 0.6 is 0 Å². The lowest BCUT2D eigenvalue weighted by atomic mass is 9.80. The topological polar surface area (TPSA) is 19.7 Å². The number of hydrogen-bond acceptors (Lipinski definition) is 0. The molecule has 608 valence electrons. The zero-order valence-electron chi connectivity index (χ0n) is 73.0. The molecule has 0 saturated heterocycles. The van der Waals surface area contributed by atoms with E-state index in [0.29, 0.717) is 0 Å². The smallest absolute Gasteiger partial charge is 0.0622 e. The Morgan fingerprint density at radius 1 is 0.164 bits per heavy atom. The van der Waals surface area contributed by atoms with Crippen LogP contribution in [0.3, 0.4) is 0 Å². The minimum atomic E-state index is -0.0425. The van der Waals surface area contributed by atoms with E-state index < -0.39 is 0 Å². The molecule has 0 radical (unpaired) electrons. The maximum Gasteiger partial charge on any atom is 0.0622 e. The predicted octanol–water partition coefficient (Wildman–Crippen LogP) is 33.0. The van der Waals surface area contributed by atoms with Gasteiger partial charge < -0.3 is 18.3 Å². The summed E-state index contributed by atoms with van der Waals surface area (Å²) in [5, 5.41) is 20.8. The molecule has 0 atom stereocenters. The van der Waals surface area contributed by atoms with Crippen LogP contribution in [-0.2, 0) is 21.7 Å². The molecular formula is C124H92N4. The van der Waals surface area contributed by atoms with Crippen molar-refractivity contribution in [3.63, 3.8) is 0 Å². The second-order valence-electron chi connectivity index (χ2n) is 37.6. The van der Waals surface area contributed by atoms with E-state index in [1.807, 2.05) is 0 Å². The van der Waals surface area contributed by atoms with Crippen molar-refractivity contribution < 1.29 is 0 Å². The molecule has 4 aliphatic rings. The lowest BCUT2D eigenvalue weighted by Gasteiger charge is -2.22. The van der Waals surface area contributed by atoms with Gasteiger partial charge in [0.15, 0.2) is 0 Å². The first-order valence-electron chi connectivity index (χ1n) is 45.2. The summed E-state index contributed by atoms with van der Waals surface area (Å²) in [5.41, 5.74) is 37.5. The standard InChI is InChI=1S/4C31H23N/c1-31(2)25-15-7-5-14-24(25)29-26(31)19-18-23-22-13-6-8-16-28(22)32(30(23)29)27-17-9-11-20-10-3-4-12-21(20)27;1-31(2)26-15-7-5-13-22(26)24-18-25-23-14-6-8-16-29(23)32(30(25)19-27(24)31)28-17-9-11-20-10-3-4-12-21(20)28;1-31(2)25-15-7-5-13-22(25)23-18-19-28-29(30(23)31)24-14-6-8-16-27(24)32(28)26-17-9-11-20-10-3-4-12-21(20)26;1-31(2)24-15-7-5-13-22(24)29-25(31)18-19-28-30(29)23-14-6-8-16-27(23)32(28)26-17-9-11-20-10-3-4-12-21(20)26/h4*3-19H,1-2H3. The fraction of sp³-hybridized carbons (Fsp3) is 0.0968. The first-order valence-corrected chi connectivity index (χ1v) is 45.2. The van der Waals surface area contributed by atoms with Gasteiger partial charge in [0.05, 0.1) is 66.9 Å². The van der Waals surface area contributed by atoms with Crippen LogP contribution in [0, 0.1) is 0 Å². The van der Waals surface area contributed by atoms with Crippen LogP contribution in [0.2, 0.25) is 0 Å². The highest BCUT2D eigenvalue weighted by atomic mass is 15.0. The van der Waals surface area contributed by atoms with Gasteiger partial charge in [0.1, 0.15) is 0 Å². The monoisotopic (exact) mass is 1640 g/mol. The third-order valence-electron chi connectivity index (χ3n) is 29.5. The van der Waals surface area contributed by atoms with Crippen molar-refractivity contribution in [2.75, 3.05) is 0 Å². The predicted molar refractivity (Wildman–Crippen MR) is 543 cm³/mol. The summed E-state index contributed by atoms with van der Waals surface area (Å²) in [7, 11) is 0. The summed E-state index contributed by atoms with van der Waals surface area (Å²) in [6.07, 6.45) is 0. The zero-order chi connectivity index (χ0) is 85.8. The van der Waals surface area contributed by atoms with Crippen molar-refractivity contribution in [2.45, 2.75) is 77.0 Å². The molecule has 4 aliphatic carbocycles. The molecule has 0 amide bonds. The van der Waals surface area contributed by atoms with E-state index in [1.165, 1.54) is 242 Å². The van der Waals surface area contributed by atoms with Crippen molar-refractivity contribution in [3.8, 4) is 67.3 Å². The van der Waals surface area contributed by atoms with E-state index in [9.17, 15) is 0 Å². The Bertz CT molecular complexity index is 8710. The minimum absolute atomic E-state index is 0.00274. The molecule has 0 N–H and O–H groups in total. The Hall–Kier alpha value is -15.4. The van der Waals surface area contributed by atoms with Crippen molar-refractivity contribution >= 4 is 130 Å². The average molecular weight is 1640 g/mol. The maximum atomic E-state index is 2.50. The Morgan fingerprint density at radius 3 is 0.984 bits per heavy atom. The number of benzene rings is 20. The summed E-state index contributed by atoms with van der Waals surface area (Å²) >= 11 is 0. The van der Waals surface area contributed by atoms with Crippen LogP contribution in [0.1, 0.15) is 99.9 Å². The Labute approximate surface area is 744 Å². The van der Waals surface area contributed by atoms with Crippen molar-refractivity contribution in [1.82, 2.24) is 18.3 Å². The van der Waals surface area contributed by atoms with Gasteiger partial charge in [-0.2, -0.15) is 0 Å². The maximum absolute atomic E-state index is 2.50. The van der Waals surface area contributed by atoms with E-state index in [2.05, 4.69) is 486 Å². The second-order valence-corrected chi connectivity index (χ2v) is 37.6. The molecule has 4 nitrogen and oxygen atoms in total. The molecule has 4 aromatic heterocycles. The third-order valence-corrected chi connectivity index (χ3v) is 29.5. The molecule has 128 heavy (non-hydrogen) atoms. The summed E-state index contributed by atoms with van der Waals surface area (Å²) in [6.45, 7) is 18.9. The normalized spacial score (nSPS) is 14.2. The van der Waals surface area contributed by atoms with Gasteiger partial charge >= 0.3 is 0 Å². The molecule has 28 rings (SSSR count). The average Bonchev–Trinajstić information content (AvgIpc) is 1.53. The Kier molecular flexibility index (Phi) is 16.5. The van der Waals surface area contributed by atoms with Gasteiger partial charge in [0, 0.05) is 91.9 Å². The highest BCUT2D eigenvalue weighted by Gasteiger charge is 2.42. The minimum Gasteiger partial charge on any atom is -0.309 e. The summed E-state index contributed by atoms with van der Waals surface area (Å²) in [6, 6.07) is 151. The lowest BCUT2D eigenvalue weighted by Crippen LogP contribution is -2.15. The van der Waals surface area contributed by atoms with Crippen LogP contribution in [0.25, 0.3) is 198 Å². The number of hydrogen-bond donors (Lipinski definition) is 0. The molecule has 24 aromatic rings. The summed E-state index contributed by atoms with van der Waals surface area (Å²) in [5.74, 6) is 0. The molecule has 4 heterocycles. The van der Waals surface area contributed by atoms with Gasteiger partial charge in [-0.25, -0.2) is 0 Å². The largest absolute Gasteiger partial charge is 0.309 e. The summed E-state index contributed by atoms with van der Waals surface area (Å²) in [4.78, 5) is 0. The van der Waals surface area contributed by atoms with E-state index in [4.69, 9.17) is 0 Å². The SMILES string of the molecule is CC1(C)c2ccccc2-c2c1ccc1c2c2ccccc2n1-c1cccc2ccccc12.CC1(C)c2ccccc2-c2c1ccc1c3ccccc3n(-c3cccc4ccccc34)c21.CC1(C)c2ccccc2-c2cc3c4ccccc4n(-c4cccc5ccccc45)c3cc21.CC1(C)c2ccccc2-c2ccc3c(c21)c1ccccc1n3-c1cccc2ccccc12. The van der Waals surface area contributed by atoms with E-state index in [0.717, 1.165) is 0 Å². The number of rotatable bonds is 4. The molecule has 0 saturated carbocycles. The first kappa shape index (κ1) is 75.2. The molecule has 0 aliphatic heterocycles. The second kappa shape index (κ2) is 28.1. The molecule has 0 spiro atoms. The van der Waals surface area contributed by atoms with E-state index in [1.54, 1.807) is 0 Å².